The number of benzene rings is 3. The molecule has 1 atom stereocenters. The Hall–Kier alpha value is -3.02. The van der Waals surface area contributed by atoms with Crippen molar-refractivity contribution in [3.8, 4) is 11.1 Å². The SMILES string of the molecule is O=[N+]([O-])c1ccc([C@H](O)CNC2c3ccccc3-c3ccccc32)cc1. The molecule has 0 aliphatic heterocycles. The van der Waals surface area contributed by atoms with Gasteiger partial charge in [-0.25, -0.2) is 0 Å². The summed E-state index contributed by atoms with van der Waals surface area (Å²) in [6, 6.07) is 22.6. The van der Waals surface area contributed by atoms with Gasteiger partial charge in [-0.3, -0.25) is 10.1 Å². The average molecular weight is 346 g/mol. The number of nitrogens with zero attached hydrogens (tertiary/aromatic N) is 1. The third-order valence-corrected chi connectivity index (χ3v) is 4.84. The van der Waals surface area contributed by atoms with Crippen LogP contribution in [0.4, 0.5) is 5.69 Å². The second kappa shape index (κ2) is 6.71. The standard InChI is InChI=1S/C21H18N2O3/c24-20(14-9-11-15(12-10-14)23(25)26)13-22-21-18-7-3-1-5-16(18)17-6-2-4-8-19(17)21/h1-12,20-22,24H,13H2/t20-/m1/s1. The molecule has 3 aromatic carbocycles. The van der Waals surface area contributed by atoms with Crippen molar-refractivity contribution in [1.29, 1.82) is 0 Å². The van der Waals surface area contributed by atoms with Gasteiger partial charge in [0.25, 0.3) is 5.69 Å². The number of nitro benzene ring substituents is 1. The highest BCUT2D eigenvalue weighted by Crippen LogP contribution is 2.43. The molecule has 3 aromatic rings. The molecule has 0 amide bonds. The van der Waals surface area contributed by atoms with Crippen LogP contribution in [0.15, 0.2) is 72.8 Å². The van der Waals surface area contributed by atoms with Crippen molar-refractivity contribution in [2.24, 2.45) is 0 Å². The smallest absolute Gasteiger partial charge is 0.269 e. The van der Waals surface area contributed by atoms with Crippen molar-refractivity contribution >= 4 is 5.69 Å². The van der Waals surface area contributed by atoms with E-state index in [1.807, 2.05) is 24.3 Å². The molecule has 26 heavy (non-hydrogen) atoms. The number of aliphatic hydroxyl groups excluding tert-OH is 1. The van der Waals surface area contributed by atoms with Crippen molar-refractivity contribution in [1.82, 2.24) is 5.32 Å². The quantitative estimate of drug-likeness (QED) is 0.541. The lowest BCUT2D eigenvalue weighted by Crippen LogP contribution is -2.26. The largest absolute Gasteiger partial charge is 0.387 e. The molecule has 0 unspecified atom stereocenters. The Bertz CT molecular complexity index is 908. The van der Waals surface area contributed by atoms with Crippen LogP contribution in [-0.2, 0) is 0 Å². The van der Waals surface area contributed by atoms with Gasteiger partial charge in [0.2, 0.25) is 0 Å². The van der Waals surface area contributed by atoms with Gasteiger partial charge in [0.15, 0.2) is 0 Å². The van der Waals surface area contributed by atoms with Gasteiger partial charge in [0, 0.05) is 18.7 Å². The van der Waals surface area contributed by atoms with Crippen LogP contribution < -0.4 is 5.32 Å². The Morgan fingerprint density at radius 1 is 0.923 bits per heavy atom. The number of aliphatic hydroxyl groups is 1. The first-order chi connectivity index (χ1) is 12.6. The first-order valence-corrected chi connectivity index (χ1v) is 8.49. The summed E-state index contributed by atoms with van der Waals surface area (Å²) in [7, 11) is 0. The van der Waals surface area contributed by atoms with Crippen LogP contribution >= 0.6 is 0 Å². The summed E-state index contributed by atoms with van der Waals surface area (Å²) >= 11 is 0. The van der Waals surface area contributed by atoms with E-state index in [9.17, 15) is 15.2 Å². The van der Waals surface area contributed by atoms with Gasteiger partial charge < -0.3 is 10.4 Å². The average Bonchev–Trinajstić information content (AvgIpc) is 3.00. The fourth-order valence-electron chi connectivity index (χ4n) is 3.54. The van der Waals surface area contributed by atoms with Crippen molar-refractivity contribution in [3.63, 3.8) is 0 Å². The number of hydrogen-bond donors (Lipinski definition) is 2. The van der Waals surface area contributed by atoms with E-state index in [2.05, 4.69) is 29.6 Å². The highest BCUT2D eigenvalue weighted by molar-refractivity contribution is 5.78. The zero-order valence-electron chi connectivity index (χ0n) is 14.0. The minimum Gasteiger partial charge on any atom is -0.387 e. The number of rotatable bonds is 5. The summed E-state index contributed by atoms with van der Waals surface area (Å²) in [6.07, 6.45) is -0.740. The number of hydrogen-bond acceptors (Lipinski definition) is 4. The van der Waals surface area contributed by atoms with E-state index in [0.717, 1.165) is 0 Å². The first-order valence-electron chi connectivity index (χ1n) is 8.49. The second-order valence-corrected chi connectivity index (χ2v) is 6.38. The maximum atomic E-state index is 10.7. The lowest BCUT2D eigenvalue weighted by molar-refractivity contribution is -0.384. The van der Waals surface area contributed by atoms with Gasteiger partial charge in [-0.2, -0.15) is 0 Å². The van der Waals surface area contributed by atoms with E-state index in [1.54, 1.807) is 12.1 Å². The molecule has 0 radical (unpaired) electrons. The highest BCUT2D eigenvalue weighted by Gasteiger charge is 2.28. The van der Waals surface area contributed by atoms with Crippen LogP contribution in [0, 0.1) is 10.1 Å². The van der Waals surface area contributed by atoms with Gasteiger partial charge >= 0.3 is 0 Å². The second-order valence-electron chi connectivity index (χ2n) is 6.38. The van der Waals surface area contributed by atoms with E-state index in [-0.39, 0.29) is 11.7 Å². The molecule has 4 rings (SSSR count). The third-order valence-electron chi connectivity index (χ3n) is 4.84. The van der Waals surface area contributed by atoms with Gasteiger partial charge in [-0.05, 0) is 39.9 Å². The van der Waals surface area contributed by atoms with Crippen molar-refractivity contribution in [2.45, 2.75) is 12.1 Å². The molecule has 0 aromatic heterocycles. The van der Waals surface area contributed by atoms with E-state index < -0.39 is 11.0 Å². The lowest BCUT2D eigenvalue weighted by Gasteiger charge is -2.19. The summed E-state index contributed by atoms with van der Waals surface area (Å²) in [6.45, 7) is 0.352. The number of non-ortho nitro benzene ring substituents is 1. The molecule has 0 saturated heterocycles. The Labute approximate surface area is 151 Å². The zero-order chi connectivity index (χ0) is 18.1. The van der Waals surface area contributed by atoms with Gasteiger partial charge in [-0.1, -0.05) is 48.5 Å². The molecule has 0 saturated carbocycles. The van der Waals surface area contributed by atoms with Crippen LogP contribution in [0.3, 0.4) is 0 Å². The molecule has 0 heterocycles. The molecule has 1 aliphatic carbocycles. The third kappa shape index (κ3) is 2.87. The monoisotopic (exact) mass is 346 g/mol. The van der Waals surface area contributed by atoms with E-state index in [1.165, 1.54) is 34.4 Å². The molecule has 5 heteroatoms. The number of nitro groups is 1. The van der Waals surface area contributed by atoms with E-state index in [4.69, 9.17) is 0 Å². The van der Waals surface area contributed by atoms with Crippen LogP contribution in [0.1, 0.15) is 28.8 Å². The number of fused-ring (bicyclic) bond motifs is 3. The van der Waals surface area contributed by atoms with Crippen LogP contribution in [0.5, 0.6) is 0 Å². The highest BCUT2D eigenvalue weighted by atomic mass is 16.6. The van der Waals surface area contributed by atoms with Crippen LogP contribution in [0.2, 0.25) is 0 Å². The summed E-state index contributed by atoms with van der Waals surface area (Å²) in [5.41, 5.74) is 5.50. The predicted molar refractivity (Wildman–Crippen MR) is 99.8 cm³/mol. The Balaban J connectivity index is 1.53. The topological polar surface area (TPSA) is 75.4 Å². The maximum Gasteiger partial charge on any atom is 0.269 e. The zero-order valence-corrected chi connectivity index (χ0v) is 14.0. The summed E-state index contributed by atoms with van der Waals surface area (Å²) < 4.78 is 0. The minimum atomic E-state index is -0.740. The van der Waals surface area contributed by atoms with E-state index >= 15 is 0 Å². The summed E-state index contributed by atoms with van der Waals surface area (Å²) in [5, 5.41) is 24.7. The Morgan fingerprint density at radius 2 is 1.46 bits per heavy atom. The Morgan fingerprint density at radius 3 is 2.00 bits per heavy atom. The van der Waals surface area contributed by atoms with Gasteiger partial charge in [0.05, 0.1) is 17.1 Å². The first kappa shape index (κ1) is 16.4. The van der Waals surface area contributed by atoms with Crippen LogP contribution in [-0.4, -0.2) is 16.6 Å². The molecule has 5 nitrogen and oxygen atoms in total. The number of nitrogens with one attached hydrogen (secondary N) is 1. The van der Waals surface area contributed by atoms with Crippen LogP contribution in [0.25, 0.3) is 11.1 Å². The summed E-state index contributed by atoms with van der Waals surface area (Å²) in [5.74, 6) is 0. The fourth-order valence-corrected chi connectivity index (χ4v) is 3.54. The predicted octanol–water partition coefficient (Wildman–Crippen LogP) is 3.99. The maximum absolute atomic E-state index is 10.7. The normalized spacial score (nSPS) is 13.9. The molecule has 0 spiro atoms. The summed E-state index contributed by atoms with van der Waals surface area (Å²) in [4.78, 5) is 10.3. The molecule has 0 fully saturated rings. The molecule has 130 valence electrons. The van der Waals surface area contributed by atoms with Gasteiger partial charge in [-0.15, -0.1) is 0 Å². The molecular formula is C21H18N2O3. The van der Waals surface area contributed by atoms with Crippen molar-refractivity contribution in [3.05, 3.63) is 99.6 Å². The van der Waals surface area contributed by atoms with E-state index in [0.29, 0.717) is 12.1 Å². The molecule has 2 N–H and O–H groups in total. The molecule has 0 bridgehead atoms. The van der Waals surface area contributed by atoms with Crippen molar-refractivity contribution in [2.75, 3.05) is 6.54 Å². The molecule has 1 aliphatic rings. The minimum absolute atomic E-state index is 0.0209. The lowest BCUT2D eigenvalue weighted by atomic mass is 10.0. The van der Waals surface area contributed by atoms with Crippen molar-refractivity contribution < 1.29 is 10.0 Å². The Kier molecular flexibility index (Phi) is 4.24. The van der Waals surface area contributed by atoms with Gasteiger partial charge in [0.1, 0.15) is 0 Å². The fraction of sp³-hybridized carbons (Fsp3) is 0.143. The molecular weight excluding hydrogens is 328 g/mol.